The number of Topliss-reactive ketones (excluding diaryl/α,β-unsaturated/α-hetero) is 1. The van der Waals surface area contributed by atoms with Crippen LogP contribution in [0.4, 0.5) is 8.78 Å². The van der Waals surface area contributed by atoms with Crippen molar-refractivity contribution < 1.29 is 13.6 Å². The van der Waals surface area contributed by atoms with Gasteiger partial charge in [-0.3, -0.25) is 4.79 Å². The Morgan fingerprint density at radius 3 is 2.47 bits per heavy atom. The molecular formula is C10H9BrF2OS. The predicted octanol–water partition coefficient (Wildman–Crippen LogP) is 3.88. The number of alkyl halides is 3. The number of hydrogen-bond acceptors (Lipinski definition) is 2. The number of rotatable bonds is 3. The van der Waals surface area contributed by atoms with Crippen LogP contribution in [-0.4, -0.2) is 10.6 Å². The van der Waals surface area contributed by atoms with E-state index < -0.39 is 6.43 Å². The predicted molar refractivity (Wildman–Crippen MR) is 61.4 cm³/mol. The Hall–Kier alpha value is -0.420. The van der Waals surface area contributed by atoms with Crippen molar-refractivity contribution in [2.24, 2.45) is 0 Å². The van der Waals surface area contributed by atoms with Crippen molar-refractivity contribution in [3.8, 4) is 0 Å². The molecule has 1 atom stereocenters. The molecule has 0 aliphatic carbocycles. The van der Waals surface area contributed by atoms with Crippen LogP contribution in [0.15, 0.2) is 23.1 Å². The molecule has 0 saturated heterocycles. The van der Waals surface area contributed by atoms with E-state index in [9.17, 15) is 13.6 Å². The molecule has 82 valence electrons. The fraction of sp³-hybridized carbons (Fsp3) is 0.300. The Labute approximate surface area is 100 Å². The summed E-state index contributed by atoms with van der Waals surface area (Å²) in [5.74, 6) is -0.166. The van der Waals surface area contributed by atoms with Crippen LogP contribution in [0, 0.1) is 0 Å². The number of carbonyl (C=O) groups excluding carboxylic acids is 1. The number of ketones is 1. The second kappa shape index (κ2) is 5.07. The van der Waals surface area contributed by atoms with Gasteiger partial charge >= 0.3 is 0 Å². The van der Waals surface area contributed by atoms with Crippen molar-refractivity contribution in [2.45, 2.75) is 23.1 Å². The normalized spacial score (nSPS) is 12.9. The maximum absolute atomic E-state index is 12.3. The van der Waals surface area contributed by atoms with E-state index in [1.807, 2.05) is 0 Å². The lowest BCUT2D eigenvalue weighted by Gasteiger charge is -2.07. The molecule has 0 aliphatic heterocycles. The Balaban J connectivity index is 3.08. The summed E-state index contributed by atoms with van der Waals surface area (Å²) in [6.45, 7) is 1.68. The van der Waals surface area contributed by atoms with Crippen molar-refractivity contribution in [3.05, 3.63) is 29.3 Å². The lowest BCUT2D eigenvalue weighted by atomic mass is 10.1. The molecule has 0 fully saturated rings. The number of carbonyl (C=O) groups is 1. The Bertz CT molecular complexity index is 380. The topological polar surface area (TPSA) is 17.1 Å². The molecule has 0 spiro atoms. The highest BCUT2D eigenvalue weighted by molar-refractivity contribution is 9.10. The summed E-state index contributed by atoms with van der Waals surface area (Å²) in [6, 6.07) is 3.84. The number of benzene rings is 1. The van der Waals surface area contributed by atoms with Gasteiger partial charge in [-0.2, -0.15) is 0 Å². The van der Waals surface area contributed by atoms with Gasteiger partial charge < -0.3 is 0 Å². The average molecular weight is 295 g/mol. The zero-order chi connectivity index (χ0) is 11.6. The van der Waals surface area contributed by atoms with Crippen LogP contribution in [0.2, 0.25) is 0 Å². The monoisotopic (exact) mass is 294 g/mol. The van der Waals surface area contributed by atoms with Crippen LogP contribution in [0.1, 0.15) is 29.3 Å². The summed E-state index contributed by atoms with van der Waals surface area (Å²) in [4.78, 5) is 11.5. The smallest absolute Gasteiger partial charge is 0.263 e. The Kier molecular flexibility index (Phi) is 4.28. The lowest BCUT2D eigenvalue weighted by molar-refractivity contribution is 0.0992. The van der Waals surface area contributed by atoms with E-state index in [1.54, 1.807) is 6.92 Å². The highest BCUT2D eigenvalue weighted by Gasteiger charge is 2.16. The molecule has 0 N–H and O–H groups in total. The minimum Gasteiger partial charge on any atom is -0.293 e. The molecule has 0 amide bonds. The van der Waals surface area contributed by atoms with Crippen molar-refractivity contribution in [1.29, 1.82) is 0 Å². The minimum absolute atomic E-state index is 0.126. The van der Waals surface area contributed by atoms with Gasteiger partial charge in [0.05, 0.1) is 4.83 Å². The quantitative estimate of drug-likeness (QED) is 0.509. The zero-order valence-corrected chi connectivity index (χ0v) is 10.4. The van der Waals surface area contributed by atoms with Gasteiger partial charge in [0.1, 0.15) is 0 Å². The van der Waals surface area contributed by atoms with E-state index in [1.165, 1.54) is 18.2 Å². The Morgan fingerprint density at radius 2 is 2.07 bits per heavy atom. The molecule has 15 heavy (non-hydrogen) atoms. The van der Waals surface area contributed by atoms with Crippen LogP contribution in [0.3, 0.4) is 0 Å². The van der Waals surface area contributed by atoms with Gasteiger partial charge in [-0.1, -0.05) is 22.0 Å². The fourth-order valence-corrected chi connectivity index (χ4v) is 1.69. The van der Waals surface area contributed by atoms with Crippen LogP contribution in [0.25, 0.3) is 0 Å². The van der Waals surface area contributed by atoms with Gasteiger partial charge in [0.25, 0.3) is 6.43 Å². The second-order valence-corrected chi connectivity index (χ2v) is 4.91. The van der Waals surface area contributed by atoms with Crippen LogP contribution >= 0.6 is 28.6 Å². The first kappa shape index (κ1) is 12.6. The molecule has 1 aromatic carbocycles. The molecule has 0 aromatic heterocycles. The van der Waals surface area contributed by atoms with Crippen molar-refractivity contribution in [3.63, 3.8) is 0 Å². The van der Waals surface area contributed by atoms with Gasteiger partial charge in [-0.15, -0.1) is 12.6 Å². The first-order valence-corrected chi connectivity index (χ1v) is 5.59. The number of hydrogen-bond donors (Lipinski definition) is 1. The maximum atomic E-state index is 12.3. The molecule has 1 aromatic rings. The van der Waals surface area contributed by atoms with E-state index in [0.717, 1.165) is 0 Å². The van der Waals surface area contributed by atoms with Gasteiger partial charge in [-0.05, 0) is 19.1 Å². The molecule has 0 radical (unpaired) electrons. The molecule has 1 unspecified atom stereocenters. The lowest BCUT2D eigenvalue weighted by Crippen LogP contribution is -2.10. The molecule has 0 heterocycles. The zero-order valence-electron chi connectivity index (χ0n) is 7.88. The fourth-order valence-electron chi connectivity index (χ4n) is 1.11. The Morgan fingerprint density at radius 1 is 1.47 bits per heavy atom. The third-order valence-corrected chi connectivity index (χ3v) is 2.69. The van der Waals surface area contributed by atoms with Crippen LogP contribution in [0.5, 0.6) is 0 Å². The van der Waals surface area contributed by atoms with E-state index >= 15 is 0 Å². The van der Waals surface area contributed by atoms with Gasteiger partial charge in [-0.25, -0.2) is 8.78 Å². The summed E-state index contributed by atoms with van der Waals surface area (Å²) in [5, 5.41) is 0. The van der Waals surface area contributed by atoms with E-state index in [-0.39, 0.29) is 21.1 Å². The largest absolute Gasteiger partial charge is 0.293 e. The highest BCUT2D eigenvalue weighted by Crippen LogP contribution is 2.25. The summed E-state index contributed by atoms with van der Waals surface area (Å²) in [5.41, 5.74) is 0.228. The summed E-state index contributed by atoms with van der Waals surface area (Å²) < 4.78 is 24.6. The van der Waals surface area contributed by atoms with Gasteiger partial charge in [0, 0.05) is 16.0 Å². The van der Waals surface area contributed by atoms with Crippen LogP contribution in [-0.2, 0) is 0 Å². The maximum Gasteiger partial charge on any atom is 0.263 e. The first-order chi connectivity index (χ1) is 6.93. The van der Waals surface area contributed by atoms with E-state index in [2.05, 4.69) is 28.6 Å². The average Bonchev–Trinajstić information content (AvgIpc) is 2.16. The van der Waals surface area contributed by atoms with E-state index in [0.29, 0.717) is 5.56 Å². The van der Waals surface area contributed by atoms with Gasteiger partial charge in [0.2, 0.25) is 0 Å². The van der Waals surface area contributed by atoms with Crippen molar-refractivity contribution >= 4 is 34.3 Å². The highest BCUT2D eigenvalue weighted by atomic mass is 79.9. The van der Waals surface area contributed by atoms with Crippen molar-refractivity contribution in [1.82, 2.24) is 0 Å². The molecule has 0 saturated carbocycles. The summed E-state index contributed by atoms with van der Waals surface area (Å²) in [7, 11) is 0. The standard InChI is InChI=1S/C10H9BrF2OS/c1-5(11)9(14)7-3-2-6(10(12)13)4-8(7)15/h2-5,10,15H,1H3. The first-order valence-electron chi connectivity index (χ1n) is 4.23. The third kappa shape index (κ3) is 3.01. The molecule has 0 bridgehead atoms. The van der Waals surface area contributed by atoms with Gasteiger partial charge in [0.15, 0.2) is 5.78 Å². The molecule has 5 heteroatoms. The molecular weight excluding hydrogens is 286 g/mol. The molecule has 1 rings (SSSR count). The molecule has 0 aliphatic rings. The SMILES string of the molecule is CC(Br)C(=O)c1ccc(C(F)F)cc1S. The summed E-state index contributed by atoms with van der Waals surface area (Å²) >= 11 is 7.15. The number of thiol groups is 1. The summed E-state index contributed by atoms with van der Waals surface area (Å²) in [6.07, 6.45) is -2.54. The number of halogens is 3. The third-order valence-electron chi connectivity index (χ3n) is 1.90. The molecule has 1 nitrogen and oxygen atoms in total. The second-order valence-electron chi connectivity index (χ2n) is 3.06. The van der Waals surface area contributed by atoms with Crippen molar-refractivity contribution in [2.75, 3.05) is 0 Å². The minimum atomic E-state index is -2.54. The van der Waals surface area contributed by atoms with Crippen LogP contribution < -0.4 is 0 Å². The van der Waals surface area contributed by atoms with E-state index in [4.69, 9.17) is 0 Å².